The molecule has 0 aromatic heterocycles. The van der Waals surface area contributed by atoms with Crippen LogP contribution in [-0.2, 0) is 0 Å². The number of hydrogen-bond acceptors (Lipinski definition) is 2. The summed E-state index contributed by atoms with van der Waals surface area (Å²) in [5.74, 6) is 0. The van der Waals surface area contributed by atoms with Gasteiger partial charge < -0.3 is 5.32 Å². The van der Waals surface area contributed by atoms with Crippen molar-refractivity contribution in [2.45, 2.75) is 25.8 Å². The molecule has 80 valence electrons. The van der Waals surface area contributed by atoms with Gasteiger partial charge in [0.1, 0.15) is 6.67 Å². The smallest absolute Gasteiger partial charge is 0.102 e. The van der Waals surface area contributed by atoms with Crippen molar-refractivity contribution in [3.05, 3.63) is 0 Å². The molecule has 13 heavy (non-hydrogen) atoms. The summed E-state index contributed by atoms with van der Waals surface area (Å²) in [6, 6.07) is 0.618. The first-order valence-corrected chi connectivity index (χ1v) is 4.89. The molecule has 0 aromatic rings. The first kappa shape index (κ1) is 13.1. The van der Waals surface area contributed by atoms with Gasteiger partial charge in [-0.25, -0.2) is 4.39 Å². The maximum atomic E-state index is 12.1. The third-order valence-electron chi connectivity index (χ3n) is 2.60. The summed E-state index contributed by atoms with van der Waals surface area (Å²) in [6.45, 7) is 5.67. The van der Waals surface area contributed by atoms with Gasteiger partial charge in [-0.3, -0.25) is 4.90 Å². The Hall–Kier alpha value is 0.140. The number of nitrogens with one attached hydrogen (secondary N) is 1. The molecule has 0 spiro atoms. The van der Waals surface area contributed by atoms with Crippen LogP contribution in [0.25, 0.3) is 0 Å². The summed E-state index contributed by atoms with van der Waals surface area (Å²) < 4.78 is 12.1. The SMILES string of the molecule is CCN(CCF)C1CCNCC1.Cl. The van der Waals surface area contributed by atoms with Crippen LogP contribution in [0.5, 0.6) is 0 Å². The van der Waals surface area contributed by atoms with E-state index in [1.165, 1.54) is 12.8 Å². The second-order valence-corrected chi connectivity index (χ2v) is 3.30. The fraction of sp³-hybridized carbons (Fsp3) is 1.00. The van der Waals surface area contributed by atoms with Crippen LogP contribution in [0.3, 0.4) is 0 Å². The Bertz CT molecular complexity index is 115. The molecule has 2 nitrogen and oxygen atoms in total. The van der Waals surface area contributed by atoms with Gasteiger partial charge in [-0.1, -0.05) is 6.92 Å². The van der Waals surface area contributed by atoms with Gasteiger partial charge in [-0.05, 0) is 32.5 Å². The standard InChI is InChI=1S/C9H19FN2.ClH/c1-2-12(8-5-10)9-3-6-11-7-4-9;/h9,11H,2-8H2,1H3;1H. The molecule has 1 heterocycles. The molecule has 1 aliphatic rings. The molecule has 1 N–H and O–H groups in total. The van der Waals surface area contributed by atoms with E-state index in [1.807, 2.05) is 0 Å². The second kappa shape index (κ2) is 7.54. The minimum absolute atomic E-state index is 0. The minimum Gasteiger partial charge on any atom is -0.317 e. The molecule has 0 aliphatic carbocycles. The molecule has 0 atom stereocenters. The molecule has 4 heteroatoms. The highest BCUT2D eigenvalue weighted by Crippen LogP contribution is 2.10. The van der Waals surface area contributed by atoms with Crippen molar-refractivity contribution in [1.29, 1.82) is 0 Å². The maximum absolute atomic E-state index is 12.1. The van der Waals surface area contributed by atoms with Crippen LogP contribution in [0, 0.1) is 0 Å². The van der Waals surface area contributed by atoms with E-state index < -0.39 is 0 Å². The van der Waals surface area contributed by atoms with Gasteiger partial charge in [0.2, 0.25) is 0 Å². The van der Waals surface area contributed by atoms with E-state index in [9.17, 15) is 4.39 Å². The molecule has 1 fully saturated rings. The number of rotatable bonds is 4. The third-order valence-corrected chi connectivity index (χ3v) is 2.60. The Labute approximate surface area is 86.3 Å². The molecule has 1 rings (SSSR count). The molecule has 0 bridgehead atoms. The van der Waals surface area contributed by atoms with E-state index in [2.05, 4.69) is 17.1 Å². The van der Waals surface area contributed by atoms with Gasteiger partial charge in [0, 0.05) is 12.6 Å². The number of nitrogens with zero attached hydrogens (tertiary/aromatic N) is 1. The van der Waals surface area contributed by atoms with E-state index in [0.717, 1.165) is 19.6 Å². The van der Waals surface area contributed by atoms with E-state index >= 15 is 0 Å². The predicted octanol–water partition coefficient (Wildman–Crippen LogP) is 1.45. The van der Waals surface area contributed by atoms with Gasteiger partial charge in [0.25, 0.3) is 0 Å². The molecule has 0 saturated carbocycles. The fourth-order valence-electron chi connectivity index (χ4n) is 1.88. The molecule has 1 saturated heterocycles. The van der Waals surface area contributed by atoms with Crippen LogP contribution in [0.2, 0.25) is 0 Å². The van der Waals surface area contributed by atoms with E-state index in [-0.39, 0.29) is 19.1 Å². The van der Waals surface area contributed by atoms with Crippen LogP contribution in [-0.4, -0.2) is 43.8 Å². The molecular weight excluding hydrogens is 191 g/mol. The lowest BCUT2D eigenvalue weighted by molar-refractivity contribution is 0.158. The van der Waals surface area contributed by atoms with Crippen LogP contribution in [0.1, 0.15) is 19.8 Å². The Balaban J connectivity index is 0.00000144. The Kier molecular flexibility index (Phi) is 7.62. The number of piperidine rings is 1. The number of halogens is 2. The highest BCUT2D eigenvalue weighted by molar-refractivity contribution is 5.85. The lowest BCUT2D eigenvalue weighted by Gasteiger charge is -2.33. The third kappa shape index (κ3) is 4.25. The summed E-state index contributed by atoms with van der Waals surface area (Å²) >= 11 is 0. The molecular formula is C9H20ClFN2. The van der Waals surface area contributed by atoms with Crippen molar-refractivity contribution in [1.82, 2.24) is 10.2 Å². The lowest BCUT2D eigenvalue weighted by atomic mass is 10.1. The first-order valence-electron chi connectivity index (χ1n) is 4.89. The van der Waals surface area contributed by atoms with Crippen molar-refractivity contribution < 1.29 is 4.39 Å². The normalized spacial score (nSPS) is 18.7. The quantitative estimate of drug-likeness (QED) is 0.756. The summed E-state index contributed by atoms with van der Waals surface area (Å²) in [6.07, 6.45) is 2.35. The molecule has 1 aliphatic heterocycles. The van der Waals surface area contributed by atoms with E-state index in [0.29, 0.717) is 12.6 Å². The largest absolute Gasteiger partial charge is 0.317 e. The summed E-state index contributed by atoms with van der Waals surface area (Å²) in [4.78, 5) is 2.25. The van der Waals surface area contributed by atoms with Crippen LogP contribution in [0.15, 0.2) is 0 Å². The van der Waals surface area contributed by atoms with Crippen molar-refractivity contribution in [2.75, 3.05) is 32.9 Å². The zero-order chi connectivity index (χ0) is 8.81. The first-order chi connectivity index (χ1) is 5.88. The Morgan fingerprint density at radius 1 is 1.38 bits per heavy atom. The number of hydrogen-bond donors (Lipinski definition) is 1. The summed E-state index contributed by atoms with van der Waals surface area (Å²) in [7, 11) is 0. The topological polar surface area (TPSA) is 15.3 Å². The zero-order valence-electron chi connectivity index (χ0n) is 8.26. The lowest BCUT2D eigenvalue weighted by Crippen LogP contribution is -2.43. The molecule has 0 radical (unpaired) electrons. The molecule has 0 aromatic carbocycles. The predicted molar refractivity (Wildman–Crippen MR) is 56.4 cm³/mol. The van der Waals surface area contributed by atoms with E-state index in [1.54, 1.807) is 0 Å². The molecule has 0 amide bonds. The number of alkyl halides is 1. The monoisotopic (exact) mass is 210 g/mol. The Morgan fingerprint density at radius 2 is 2.00 bits per heavy atom. The van der Waals surface area contributed by atoms with Crippen LogP contribution >= 0.6 is 12.4 Å². The Morgan fingerprint density at radius 3 is 2.46 bits per heavy atom. The fourth-order valence-corrected chi connectivity index (χ4v) is 1.88. The maximum Gasteiger partial charge on any atom is 0.102 e. The van der Waals surface area contributed by atoms with Gasteiger partial charge >= 0.3 is 0 Å². The van der Waals surface area contributed by atoms with Crippen molar-refractivity contribution in [3.8, 4) is 0 Å². The van der Waals surface area contributed by atoms with Crippen LogP contribution < -0.4 is 5.32 Å². The summed E-state index contributed by atoms with van der Waals surface area (Å²) in [5.41, 5.74) is 0. The average Bonchev–Trinajstić information content (AvgIpc) is 2.15. The van der Waals surface area contributed by atoms with Gasteiger partial charge in [0.05, 0.1) is 0 Å². The minimum atomic E-state index is -0.211. The van der Waals surface area contributed by atoms with Crippen molar-refractivity contribution in [3.63, 3.8) is 0 Å². The highest BCUT2D eigenvalue weighted by Gasteiger charge is 2.18. The van der Waals surface area contributed by atoms with Crippen molar-refractivity contribution >= 4 is 12.4 Å². The van der Waals surface area contributed by atoms with Crippen molar-refractivity contribution in [2.24, 2.45) is 0 Å². The summed E-state index contributed by atoms with van der Waals surface area (Å²) in [5, 5.41) is 3.32. The van der Waals surface area contributed by atoms with Gasteiger partial charge in [-0.15, -0.1) is 12.4 Å². The van der Waals surface area contributed by atoms with Crippen LogP contribution in [0.4, 0.5) is 4.39 Å². The average molecular weight is 211 g/mol. The van der Waals surface area contributed by atoms with E-state index in [4.69, 9.17) is 0 Å². The second-order valence-electron chi connectivity index (χ2n) is 3.30. The molecule has 0 unspecified atom stereocenters. The van der Waals surface area contributed by atoms with Gasteiger partial charge in [-0.2, -0.15) is 0 Å². The zero-order valence-corrected chi connectivity index (χ0v) is 9.08. The highest BCUT2D eigenvalue weighted by atomic mass is 35.5. The van der Waals surface area contributed by atoms with Gasteiger partial charge in [0.15, 0.2) is 0 Å².